The quantitative estimate of drug-likeness (QED) is 0.502. The van der Waals surface area contributed by atoms with E-state index in [-0.39, 0.29) is 18.6 Å². The summed E-state index contributed by atoms with van der Waals surface area (Å²) < 4.78 is 0. The molecule has 4 nitrogen and oxygen atoms in total. The molecule has 0 aliphatic carbocycles. The zero-order chi connectivity index (χ0) is 7.98. The Kier molecular flexibility index (Phi) is 6.99. The molecule has 47 valence electrons. The van der Waals surface area contributed by atoms with Gasteiger partial charge in [0.05, 0.1) is 0 Å². The first-order valence-electron chi connectivity index (χ1n) is 2.14. The number of nitrogens with zero attached hydrogens (tertiary/aromatic N) is 4. The second-order valence-electron chi connectivity index (χ2n) is 1.20. The second kappa shape index (κ2) is 6.41. The fraction of sp³-hybridized carbons (Fsp3) is 0. The number of hydrogen-bond acceptors (Lipinski definition) is 4. The number of hydrogen-bond donors (Lipinski definition) is 0. The van der Waals surface area contributed by atoms with Crippen molar-refractivity contribution in [2.24, 2.45) is 0 Å². The van der Waals surface area contributed by atoms with Gasteiger partial charge < -0.3 is 0 Å². The summed E-state index contributed by atoms with van der Waals surface area (Å²) >= 11 is 0. The zero-order valence-electron chi connectivity index (χ0n) is 5.24. The van der Waals surface area contributed by atoms with Crippen LogP contribution in [0.15, 0.2) is 11.1 Å². The minimum atomic E-state index is -0.440. The zero-order valence-corrected chi connectivity index (χ0v) is 6.63. The maximum atomic E-state index is 8.13. The van der Waals surface area contributed by atoms with Gasteiger partial charge >= 0.3 is 18.6 Å². The van der Waals surface area contributed by atoms with E-state index >= 15 is 0 Å². The van der Waals surface area contributed by atoms with E-state index in [0.717, 1.165) is 0 Å². The molecule has 0 N–H and O–H groups in total. The molecule has 0 saturated carbocycles. The summed E-state index contributed by atoms with van der Waals surface area (Å²) in [4.78, 5) is 0. The maximum absolute atomic E-state index is 8.13. The smallest absolute Gasteiger partial charge is 0.192 e. The molecule has 0 aromatic heterocycles. The molecule has 0 heterocycles. The monoisotopic (exact) mass is 179 g/mol. The van der Waals surface area contributed by atoms with E-state index < -0.39 is 11.1 Å². The van der Waals surface area contributed by atoms with Crippen LogP contribution >= 0.6 is 0 Å². The molecule has 0 bridgehead atoms. The molecule has 0 saturated heterocycles. The molecule has 0 rings (SSSR count). The Morgan fingerprint density at radius 2 is 0.818 bits per heavy atom. The molecule has 0 unspecified atom stereocenters. The third kappa shape index (κ3) is 3.09. The van der Waals surface area contributed by atoms with Crippen LogP contribution in [0, 0.1) is 45.3 Å². The van der Waals surface area contributed by atoms with Gasteiger partial charge in [-0.05, 0) is 0 Å². The molecular weight excluding hydrogens is 179 g/mol. The largest absolute Gasteiger partial charge is 2.00 e. The normalized spacial score (nSPS) is 5.09. The molecule has 0 aliphatic rings. The Hall–Kier alpha value is -1.72. The van der Waals surface area contributed by atoms with Gasteiger partial charge in [-0.15, -0.1) is 0 Å². The van der Waals surface area contributed by atoms with Crippen LogP contribution in [0.4, 0.5) is 0 Å². The summed E-state index contributed by atoms with van der Waals surface area (Å²) in [5.74, 6) is 0. The van der Waals surface area contributed by atoms with Crippen molar-refractivity contribution in [1.82, 2.24) is 0 Å². The molecule has 0 aromatic carbocycles. The Morgan fingerprint density at radius 1 is 0.636 bits per heavy atom. The fourth-order valence-electron chi connectivity index (χ4n) is 0.274. The third-order valence-electron chi connectivity index (χ3n) is 0.697. The van der Waals surface area contributed by atoms with Crippen LogP contribution in [0.25, 0.3) is 0 Å². The van der Waals surface area contributed by atoms with Gasteiger partial charge in [-0.25, -0.2) is 0 Å². The van der Waals surface area contributed by atoms with Crippen LogP contribution in [-0.2, 0) is 18.6 Å². The molecule has 11 heavy (non-hydrogen) atoms. The van der Waals surface area contributed by atoms with Gasteiger partial charge in [0.1, 0.15) is 24.3 Å². The molecule has 0 spiro atoms. The topological polar surface area (TPSA) is 95.2 Å². The van der Waals surface area contributed by atoms with Crippen molar-refractivity contribution < 1.29 is 18.6 Å². The Bertz CT molecular complexity index is 262. The van der Waals surface area contributed by atoms with Gasteiger partial charge in [0.25, 0.3) is 0 Å². The molecule has 5 heteroatoms. The summed E-state index contributed by atoms with van der Waals surface area (Å²) in [5.41, 5.74) is -0.880. The molecule has 0 amide bonds. The molecule has 1 radical (unpaired) electrons. The van der Waals surface area contributed by atoms with Crippen molar-refractivity contribution in [3.8, 4) is 24.3 Å². The standard InChI is InChI=1S/C6N4.V/c7-1-5(2-8)6(3-9)4-10;/q;+2. The minimum absolute atomic E-state index is 0. The number of rotatable bonds is 0. The van der Waals surface area contributed by atoms with Crippen molar-refractivity contribution in [2.75, 3.05) is 0 Å². The van der Waals surface area contributed by atoms with E-state index in [2.05, 4.69) is 0 Å². The fourth-order valence-corrected chi connectivity index (χ4v) is 0.274. The third-order valence-corrected chi connectivity index (χ3v) is 0.697. The van der Waals surface area contributed by atoms with E-state index in [1.165, 1.54) is 24.3 Å². The number of allylic oxidation sites excluding steroid dienone is 2. The van der Waals surface area contributed by atoms with Gasteiger partial charge in [0, 0.05) is 0 Å². The van der Waals surface area contributed by atoms with Crippen LogP contribution in [0.2, 0.25) is 0 Å². The van der Waals surface area contributed by atoms with E-state index in [1.54, 1.807) is 0 Å². The predicted octanol–water partition coefficient (Wildman–Crippen LogP) is 0.375. The van der Waals surface area contributed by atoms with Gasteiger partial charge in [0.2, 0.25) is 0 Å². The first kappa shape index (κ1) is 12.0. The van der Waals surface area contributed by atoms with Gasteiger partial charge in [-0.1, -0.05) is 0 Å². The van der Waals surface area contributed by atoms with Gasteiger partial charge in [-0.3, -0.25) is 0 Å². The Morgan fingerprint density at radius 3 is 0.909 bits per heavy atom. The second-order valence-corrected chi connectivity index (χ2v) is 1.20. The van der Waals surface area contributed by atoms with E-state index in [1.807, 2.05) is 0 Å². The van der Waals surface area contributed by atoms with E-state index in [9.17, 15) is 0 Å². The molecule has 0 atom stereocenters. The first-order chi connectivity index (χ1) is 4.79. The van der Waals surface area contributed by atoms with Crippen LogP contribution in [0.5, 0.6) is 0 Å². The van der Waals surface area contributed by atoms with Crippen LogP contribution in [0.1, 0.15) is 0 Å². The average molecular weight is 179 g/mol. The van der Waals surface area contributed by atoms with Crippen molar-refractivity contribution in [2.45, 2.75) is 0 Å². The van der Waals surface area contributed by atoms with Gasteiger partial charge in [-0.2, -0.15) is 21.0 Å². The van der Waals surface area contributed by atoms with Gasteiger partial charge in [0.15, 0.2) is 11.1 Å². The first-order valence-corrected chi connectivity index (χ1v) is 2.14. The minimum Gasteiger partial charge on any atom is -0.192 e. The summed E-state index contributed by atoms with van der Waals surface area (Å²) in [6, 6.07) is 5.71. The van der Waals surface area contributed by atoms with Crippen LogP contribution in [-0.4, -0.2) is 0 Å². The van der Waals surface area contributed by atoms with Crippen LogP contribution in [0.3, 0.4) is 0 Å². The average Bonchev–Trinajstić information content (AvgIpc) is 2.00. The molecule has 0 aliphatic heterocycles. The van der Waals surface area contributed by atoms with Crippen molar-refractivity contribution in [3.05, 3.63) is 11.1 Å². The summed E-state index contributed by atoms with van der Waals surface area (Å²) in [6.07, 6.45) is 0. The predicted molar refractivity (Wildman–Crippen MR) is 29.5 cm³/mol. The molecular formula is C6N4V+2. The number of nitriles is 4. The van der Waals surface area contributed by atoms with E-state index in [0.29, 0.717) is 0 Å². The SMILES string of the molecule is N#CC(C#N)=C(C#N)C#N.[V+2]. The Labute approximate surface area is 75.5 Å². The maximum Gasteiger partial charge on any atom is 2.00 e. The molecule has 0 aromatic rings. The Balaban J connectivity index is 0. The summed E-state index contributed by atoms with van der Waals surface area (Å²) in [7, 11) is 0. The van der Waals surface area contributed by atoms with Crippen LogP contribution < -0.4 is 0 Å². The van der Waals surface area contributed by atoms with Crippen molar-refractivity contribution in [3.63, 3.8) is 0 Å². The summed E-state index contributed by atoms with van der Waals surface area (Å²) in [5, 5.41) is 32.5. The summed E-state index contributed by atoms with van der Waals surface area (Å²) in [6.45, 7) is 0. The van der Waals surface area contributed by atoms with E-state index in [4.69, 9.17) is 21.0 Å². The van der Waals surface area contributed by atoms with Crippen molar-refractivity contribution in [1.29, 1.82) is 21.0 Å². The van der Waals surface area contributed by atoms with Crippen molar-refractivity contribution >= 4 is 0 Å². The molecule has 0 fully saturated rings.